The number of nitrogens with one attached hydrogen (secondary N) is 1. The smallest absolute Gasteiger partial charge is 0.240 e. The fourth-order valence-corrected chi connectivity index (χ4v) is 3.39. The Kier molecular flexibility index (Phi) is 4.24. The first-order valence-electron chi connectivity index (χ1n) is 7.18. The van der Waals surface area contributed by atoms with Gasteiger partial charge in [0.2, 0.25) is 5.91 Å². The summed E-state index contributed by atoms with van der Waals surface area (Å²) in [6, 6.07) is 10.6. The molecule has 0 saturated carbocycles. The summed E-state index contributed by atoms with van der Waals surface area (Å²) >= 11 is 1.69. The SMILES string of the molecule is CC(Cc1cccs1)NC(=O)Cn1ccc2ccc(F)cc21. The number of hydrogen-bond donors (Lipinski definition) is 1. The van der Waals surface area contributed by atoms with Gasteiger partial charge in [-0.3, -0.25) is 4.79 Å². The molecule has 1 N–H and O–H groups in total. The van der Waals surface area contributed by atoms with E-state index in [2.05, 4.69) is 11.4 Å². The molecule has 5 heteroatoms. The Hall–Kier alpha value is -2.14. The Balaban J connectivity index is 1.64. The van der Waals surface area contributed by atoms with Gasteiger partial charge >= 0.3 is 0 Å². The van der Waals surface area contributed by atoms with E-state index >= 15 is 0 Å². The van der Waals surface area contributed by atoms with E-state index in [1.165, 1.54) is 17.0 Å². The van der Waals surface area contributed by atoms with Crippen molar-refractivity contribution < 1.29 is 9.18 Å². The van der Waals surface area contributed by atoms with E-state index in [-0.39, 0.29) is 24.3 Å². The molecule has 1 unspecified atom stereocenters. The van der Waals surface area contributed by atoms with Crippen LogP contribution in [0.5, 0.6) is 0 Å². The van der Waals surface area contributed by atoms with E-state index < -0.39 is 0 Å². The Morgan fingerprint density at radius 1 is 1.36 bits per heavy atom. The summed E-state index contributed by atoms with van der Waals surface area (Å²) < 4.78 is 15.1. The van der Waals surface area contributed by atoms with Crippen LogP contribution in [0.4, 0.5) is 4.39 Å². The molecule has 1 atom stereocenters. The van der Waals surface area contributed by atoms with Crippen LogP contribution in [0.3, 0.4) is 0 Å². The minimum absolute atomic E-state index is 0.0641. The fourth-order valence-electron chi connectivity index (χ4n) is 2.55. The van der Waals surface area contributed by atoms with Gasteiger partial charge in [-0.25, -0.2) is 4.39 Å². The second-order valence-corrected chi connectivity index (χ2v) is 6.43. The topological polar surface area (TPSA) is 34.0 Å². The quantitative estimate of drug-likeness (QED) is 0.767. The number of rotatable bonds is 5. The van der Waals surface area contributed by atoms with E-state index in [4.69, 9.17) is 0 Å². The maximum Gasteiger partial charge on any atom is 0.240 e. The Morgan fingerprint density at radius 3 is 3.00 bits per heavy atom. The normalized spacial score (nSPS) is 12.5. The minimum Gasteiger partial charge on any atom is -0.352 e. The zero-order chi connectivity index (χ0) is 15.5. The highest BCUT2D eigenvalue weighted by Gasteiger charge is 2.11. The van der Waals surface area contributed by atoms with Crippen LogP contribution in [0, 0.1) is 5.82 Å². The molecule has 0 aliphatic heterocycles. The average Bonchev–Trinajstić information content (AvgIpc) is 3.09. The summed E-state index contributed by atoms with van der Waals surface area (Å²) in [5.74, 6) is -0.357. The molecule has 0 radical (unpaired) electrons. The molecule has 22 heavy (non-hydrogen) atoms. The molecule has 0 fully saturated rings. The molecular formula is C17H17FN2OS. The van der Waals surface area contributed by atoms with Gasteiger partial charge in [0.25, 0.3) is 0 Å². The average molecular weight is 316 g/mol. The number of carbonyl (C=O) groups is 1. The van der Waals surface area contributed by atoms with Gasteiger partial charge in [0.05, 0.1) is 5.52 Å². The van der Waals surface area contributed by atoms with Crippen molar-refractivity contribution in [1.29, 1.82) is 0 Å². The Bertz CT molecular complexity index is 779. The van der Waals surface area contributed by atoms with Crippen molar-refractivity contribution in [3.63, 3.8) is 0 Å². The number of fused-ring (bicyclic) bond motifs is 1. The van der Waals surface area contributed by atoms with Crippen LogP contribution in [-0.4, -0.2) is 16.5 Å². The van der Waals surface area contributed by atoms with Crippen molar-refractivity contribution in [3.8, 4) is 0 Å². The van der Waals surface area contributed by atoms with Gasteiger partial charge in [0, 0.05) is 23.5 Å². The number of nitrogens with zero attached hydrogens (tertiary/aromatic N) is 1. The number of thiophene rings is 1. The highest BCUT2D eigenvalue weighted by molar-refractivity contribution is 7.09. The molecule has 0 bridgehead atoms. The van der Waals surface area contributed by atoms with Crippen molar-refractivity contribution >= 4 is 28.1 Å². The van der Waals surface area contributed by atoms with Gasteiger partial charge < -0.3 is 9.88 Å². The Labute approximate surface area is 132 Å². The second kappa shape index (κ2) is 6.32. The second-order valence-electron chi connectivity index (χ2n) is 5.40. The predicted molar refractivity (Wildman–Crippen MR) is 87.5 cm³/mol. The molecular weight excluding hydrogens is 299 g/mol. The van der Waals surface area contributed by atoms with Crippen molar-refractivity contribution in [2.24, 2.45) is 0 Å². The lowest BCUT2D eigenvalue weighted by Gasteiger charge is -2.13. The largest absolute Gasteiger partial charge is 0.352 e. The van der Waals surface area contributed by atoms with Crippen LogP contribution >= 0.6 is 11.3 Å². The zero-order valence-corrected chi connectivity index (χ0v) is 13.1. The molecule has 114 valence electrons. The molecule has 0 saturated heterocycles. The predicted octanol–water partition coefficient (Wildman–Crippen LogP) is 3.59. The summed E-state index contributed by atoms with van der Waals surface area (Å²) in [5, 5.41) is 5.95. The van der Waals surface area contributed by atoms with Crippen LogP contribution in [0.2, 0.25) is 0 Å². The molecule has 2 aromatic heterocycles. The summed E-state index contributed by atoms with van der Waals surface area (Å²) in [7, 11) is 0. The molecule has 3 aromatic rings. The summed E-state index contributed by atoms with van der Waals surface area (Å²) in [6.45, 7) is 2.19. The molecule has 2 heterocycles. The van der Waals surface area contributed by atoms with Crippen molar-refractivity contribution in [2.75, 3.05) is 0 Å². The van der Waals surface area contributed by atoms with Crippen molar-refractivity contribution in [2.45, 2.75) is 25.9 Å². The van der Waals surface area contributed by atoms with Gasteiger partial charge in [-0.1, -0.05) is 6.07 Å². The van der Waals surface area contributed by atoms with Crippen LogP contribution in [0.25, 0.3) is 10.9 Å². The number of amides is 1. The first kappa shape index (κ1) is 14.8. The zero-order valence-electron chi connectivity index (χ0n) is 12.3. The minimum atomic E-state index is -0.293. The highest BCUT2D eigenvalue weighted by atomic mass is 32.1. The van der Waals surface area contributed by atoms with Crippen LogP contribution in [0.1, 0.15) is 11.8 Å². The summed E-state index contributed by atoms with van der Waals surface area (Å²) in [5.41, 5.74) is 0.737. The molecule has 0 aliphatic carbocycles. The monoisotopic (exact) mass is 316 g/mol. The van der Waals surface area contributed by atoms with Gasteiger partial charge in [-0.05, 0) is 48.0 Å². The number of benzene rings is 1. The maximum absolute atomic E-state index is 13.3. The number of aromatic nitrogens is 1. The third-order valence-corrected chi connectivity index (χ3v) is 4.44. The van der Waals surface area contributed by atoms with Crippen LogP contribution < -0.4 is 5.32 Å². The molecule has 1 amide bonds. The molecule has 0 aliphatic rings. The van der Waals surface area contributed by atoms with Gasteiger partial charge in [-0.2, -0.15) is 0 Å². The maximum atomic E-state index is 13.3. The number of halogens is 1. The summed E-state index contributed by atoms with van der Waals surface area (Å²) in [6.07, 6.45) is 2.64. The fraction of sp³-hybridized carbons (Fsp3) is 0.235. The lowest BCUT2D eigenvalue weighted by Crippen LogP contribution is -2.36. The van der Waals surface area contributed by atoms with E-state index in [9.17, 15) is 9.18 Å². The van der Waals surface area contributed by atoms with Gasteiger partial charge in [0.1, 0.15) is 12.4 Å². The van der Waals surface area contributed by atoms with E-state index in [1.54, 1.807) is 22.0 Å². The third kappa shape index (κ3) is 3.36. The van der Waals surface area contributed by atoms with Crippen LogP contribution in [0.15, 0.2) is 48.0 Å². The molecule has 3 nitrogen and oxygen atoms in total. The lowest BCUT2D eigenvalue weighted by molar-refractivity contribution is -0.122. The molecule has 0 spiro atoms. The first-order chi connectivity index (χ1) is 10.6. The van der Waals surface area contributed by atoms with E-state index in [0.717, 1.165) is 17.3 Å². The van der Waals surface area contributed by atoms with E-state index in [0.29, 0.717) is 0 Å². The lowest BCUT2D eigenvalue weighted by atomic mass is 10.2. The molecule has 1 aromatic carbocycles. The first-order valence-corrected chi connectivity index (χ1v) is 8.06. The molecule has 3 rings (SSSR count). The third-order valence-electron chi connectivity index (χ3n) is 3.54. The number of carbonyl (C=O) groups excluding carboxylic acids is 1. The summed E-state index contributed by atoms with van der Waals surface area (Å²) in [4.78, 5) is 13.4. The highest BCUT2D eigenvalue weighted by Crippen LogP contribution is 2.17. The van der Waals surface area contributed by atoms with Crippen LogP contribution in [-0.2, 0) is 17.8 Å². The Morgan fingerprint density at radius 2 is 2.23 bits per heavy atom. The van der Waals surface area contributed by atoms with E-state index in [1.807, 2.05) is 30.6 Å². The van der Waals surface area contributed by atoms with Crippen molar-refractivity contribution in [1.82, 2.24) is 9.88 Å². The van der Waals surface area contributed by atoms with Gasteiger partial charge in [0.15, 0.2) is 0 Å². The van der Waals surface area contributed by atoms with Crippen molar-refractivity contribution in [3.05, 3.63) is 58.7 Å². The standard InChI is InChI=1S/C17H17FN2OS/c1-12(9-15-3-2-8-22-15)19-17(21)11-20-7-6-13-4-5-14(18)10-16(13)20/h2-8,10,12H,9,11H2,1H3,(H,19,21). The number of hydrogen-bond acceptors (Lipinski definition) is 2. The van der Waals surface area contributed by atoms with Gasteiger partial charge in [-0.15, -0.1) is 11.3 Å².